The van der Waals surface area contributed by atoms with Crippen molar-refractivity contribution in [1.82, 2.24) is 20.0 Å². The summed E-state index contributed by atoms with van der Waals surface area (Å²) in [4.78, 5) is 25.0. The van der Waals surface area contributed by atoms with E-state index in [1.165, 1.54) is 16.7 Å². The van der Waals surface area contributed by atoms with E-state index in [2.05, 4.69) is 10.4 Å². The number of aromatic nitrogens is 2. The van der Waals surface area contributed by atoms with E-state index in [1.807, 2.05) is 27.1 Å². The number of hydrogen-bond acceptors (Lipinski definition) is 4. The van der Waals surface area contributed by atoms with Crippen molar-refractivity contribution in [2.24, 2.45) is 7.05 Å². The molecule has 0 radical (unpaired) electrons. The maximum atomic E-state index is 12.3. The number of hydrogen-bond donors (Lipinski definition) is 2. The van der Waals surface area contributed by atoms with Crippen molar-refractivity contribution in [3.05, 3.63) is 17.5 Å². The van der Waals surface area contributed by atoms with E-state index in [9.17, 15) is 14.7 Å². The van der Waals surface area contributed by atoms with Crippen LogP contribution >= 0.6 is 11.8 Å². The molecule has 0 spiro atoms. The topological polar surface area (TPSA) is 87.5 Å². The van der Waals surface area contributed by atoms with Crippen molar-refractivity contribution < 1.29 is 14.7 Å². The zero-order valence-electron chi connectivity index (χ0n) is 12.4. The van der Waals surface area contributed by atoms with Gasteiger partial charge in [-0.15, -0.1) is 11.8 Å². The molecule has 2 unspecified atom stereocenters. The van der Waals surface area contributed by atoms with Crippen molar-refractivity contribution in [2.45, 2.75) is 38.2 Å². The van der Waals surface area contributed by atoms with Crippen molar-refractivity contribution in [3.8, 4) is 0 Å². The molecule has 2 rings (SSSR count). The average molecular weight is 312 g/mol. The van der Waals surface area contributed by atoms with E-state index in [1.54, 1.807) is 4.68 Å². The van der Waals surface area contributed by atoms with Crippen molar-refractivity contribution in [2.75, 3.05) is 5.75 Å². The minimum atomic E-state index is -0.953. The summed E-state index contributed by atoms with van der Waals surface area (Å²) in [6, 6.07) is -1.09. The van der Waals surface area contributed by atoms with E-state index < -0.39 is 12.0 Å². The molecule has 0 saturated carbocycles. The summed E-state index contributed by atoms with van der Waals surface area (Å²) in [7, 11) is 1.82. The average Bonchev–Trinajstić information content (AvgIpc) is 2.99. The third-order valence-electron chi connectivity index (χ3n) is 3.51. The van der Waals surface area contributed by atoms with Crippen LogP contribution in [0.25, 0.3) is 0 Å². The van der Waals surface area contributed by atoms with Gasteiger partial charge in [0, 0.05) is 31.1 Å². The number of carbonyl (C=O) groups excluding carboxylic acids is 1. The summed E-state index contributed by atoms with van der Waals surface area (Å²) >= 11 is 1.51. The Balaban J connectivity index is 2.03. The zero-order chi connectivity index (χ0) is 15.6. The first-order valence-corrected chi connectivity index (χ1v) is 7.88. The van der Waals surface area contributed by atoms with Crippen LogP contribution in [0.15, 0.2) is 6.20 Å². The van der Waals surface area contributed by atoms with Crippen LogP contribution in [0.4, 0.5) is 4.79 Å². The number of aryl methyl sites for hydroxylation is 2. The smallest absolute Gasteiger partial charge is 0.327 e. The molecule has 1 aromatic rings. The number of carboxylic acids is 1. The van der Waals surface area contributed by atoms with Gasteiger partial charge in [-0.05, 0) is 13.3 Å². The number of rotatable bonds is 4. The van der Waals surface area contributed by atoms with Gasteiger partial charge in [-0.1, -0.05) is 6.92 Å². The van der Waals surface area contributed by atoms with Crippen LogP contribution in [0.3, 0.4) is 0 Å². The number of carboxylic acid groups (broad SMARTS) is 1. The molecule has 1 aliphatic heterocycles. The molecule has 1 aliphatic rings. The summed E-state index contributed by atoms with van der Waals surface area (Å²) in [5, 5.41) is 16.2. The number of nitrogens with zero attached hydrogens (tertiary/aromatic N) is 3. The van der Waals surface area contributed by atoms with Crippen molar-refractivity contribution in [1.29, 1.82) is 0 Å². The second-order valence-corrected chi connectivity index (χ2v) is 6.24. The van der Waals surface area contributed by atoms with Crippen LogP contribution in [-0.4, -0.2) is 49.0 Å². The highest BCUT2D eigenvalue weighted by atomic mass is 32.2. The molecule has 2 amide bonds. The number of nitrogens with one attached hydrogen (secondary N) is 1. The predicted molar refractivity (Wildman–Crippen MR) is 80.0 cm³/mol. The largest absolute Gasteiger partial charge is 0.480 e. The van der Waals surface area contributed by atoms with Crippen LogP contribution in [0.1, 0.15) is 24.6 Å². The first kappa shape index (κ1) is 15.7. The number of carbonyl (C=O) groups is 2. The Bertz CT molecular complexity index is 546. The first-order valence-electron chi connectivity index (χ1n) is 6.83. The fourth-order valence-corrected chi connectivity index (χ4v) is 3.77. The van der Waals surface area contributed by atoms with Gasteiger partial charge >= 0.3 is 12.0 Å². The van der Waals surface area contributed by atoms with Gasteiger partial charge in [0.1, 0.15) is 6.04 Å². The van der Waals surface area contributed by atoms with E-state index >= 15 is 0 Å². The van der Waals surface area contributed by atoms with Gasteiger partial charge < -0.3 is 10.4 Å². The minimum Gasteiger partial charge on any atom is -0.480 e. The van der Waals surface area contributed by atoms with Gasteiger partial charge in [0.25, 0.3) is 0 Å². The predicted octanol–water partition coefficient (Wildman–Crippen LogP) is 1.18. The summed E-state index contributed by atoms with van der Waals surface area (Å²) in [5.41, 5.74) is 1.79. The van der Waals surface area contributed by atoms with Gasteiger partial charge in [0.2, 0.25) is 0 Å². The highest BCUT2D eigenvalue weighted by Crippen LogP contribution is 2.31. The van der Waals surface area contributed by atoms with Crippen LogP contribution in [0, 0.1) is 6.92 Å². The van der Waals surface area contributed by atoms with Crippen molar-refractivity contribution >= 4 is 23.8 Å². The third-order valence-corrected chi connectivity index (χ3v) is 4.96. The molecule has 1 saturated heterocycles. The molecule has 8 heteroatoms. The van der Waals surface area contributed by atoms with E-state index in [-0.39, 0.29) is 11.4 Å². The highest BCUT2D eigenvalue weighted by molar-refractivity contribution is 8.00. The SMILES string of the molecule is CCC1SCC(C(=O)O)N1C(=O)NCc1cn(C)nc1C. The van der Waals surface area contributed by atoms with E-state index in [4.69, 9.17) is 0 Å². The molecule has 2 N–H and O–H groups in total. The lowest BCUT2D eigenvalue weighted by molar-refractivity contribution is -0.141. The van der Waals surface area contributed by atoms with E-state index in [0.717, 1.165) is 17.7 Å². The summed E-state index contributed by atoms with van der Waals surface area (Å²) in [6.45, 7) is 4.18. The molecule has 1 aromatic heterocycles. The summed E-state index contributed by atoms with van der Waals surface area (Å²) < 4.78 is 1.69. The second-order valence-electron chi connectivity index (χ2n) is 5.03. The van der Waals surface area contributed by atoms with Gasteiger partial charge in [-0.2, -0.15) is 5.10 Å². The molecule has 0 aromatic carbocycles. The molecule has 7 nitrogen and oxygen atoms in total. The molecule has 0 aliphatic carbocycles. The normalized spacial score (nSPS) is 21.6. The van der Waals surface area contributed by atoms with Gasteiger partial charge in [-0.3, -0.25) is 9.58 Å². The summed E-state index contributed by atoms with van der Waals surface area (Å²) in [6.07, 6.45) is 2.58. The molecule has 2 heterocycles. The monoisotopic (exact) mass is 312 g/mol. The third kappa shape index (κ3) is 3.31. The Morgan fingerprint density at radius 2 is 2.29 bits per heavy atom. The molecule has 2 atom stereocenters. The minimum absolute atomic E-state index is 0.0823. The number of thioether (sulfide) groups is 1. The Hall–Kier alpha value is -1.70. The summed E-state index contributed by atoms with van der Waals surface area (Å²) in [5.74, 6) is -0.515. The van der Waals surface area contributed by atoms with Crippen LogP contribution < -0.4 is 5.32 Å². The van der Waals surface area contributed by atoms with Crippen LogP contribution in [0.5, 0.6) is 0 Å². The molecular weight excluding hydrogens is 292 g/mol. The number of amides is 2. The number of aliphatic carboxylic acids is 1. The lowest BCUT2D eigenvalue weighted by atomic mass is 10.2. The molecule has 116 valence electrons. The Labute approximate surface area is 127 Å². The number of urea groups is 1. The highest BCUT2D eigenvalue weighted by Gasteiger charge is 2.40. The lowest BCUT2D eigenvalue weighted by Gasteiger charge is -2.26. The van der Waals surface area contributed by atoms with Crippen LogP contribution in [0.2, 0.25) is 0 Å². The Kier molecular flexibility index (Phi) is 4.76. The standard InChI is InChI=1S/C13H20N4O3S/c1-4-11-17(10(7-21-11)12(18)19)13(20)14-5-9-6-16(3)15-8(9)2/h6,10-11H,4-5,7H2,1-3H3,(H,14,20)(H,18,19). The molecule has 1 fully saturated rings. The van der Waals surface area contributed by atoms with Gasteiger partial charge in [0.05, 0.1) is 11.1 Å². The van der Waals surface area contributed by atoms with Crippen LogP contribution in [-0.2, 0) is 18.4 Å². The lowest BCUT2D eigenvalue weighted by Crippen LogP contribution is -2.49. The molecular formula is C13H20N4O3S. The fraction of sp³-hybridized carbons (Fsp3) is 0.615. The quantitative estimate of drug-likeness (QED) is 0.871. The maximum absolute atomic E-state index is 12.3. The molecule has 21 heavy (non-hydrogen) atoms. The van der Waals surface area contributed by atoms with Gasteiger partial charge in [-0.25, -0.2) is 9.59 Å². The Morgan fingerprint density at radius 3 is 2.81 bits per heavy atom. The Morgan fingerprint density at radius 1 is 1.57 bits per heavy atom. The fourth-order valence-electron chi connectivity index (χ4n) is 2.42. The van der Waals surface area contributed by atoms with E-state index in [0.29, 0.717) is 12.3 Å². The van der Waals surface area contributed by atoms with Crippen molar-refractivity contribution in [3.63, 3.8) is 0 Å². The maximum Gasteiger partial charge on any atom is 0.327 e. The first-order chi connectivity index (χ1) is 9.93. The zero-order valence-corrected chi connectivity index (χ0v) is 13.2. The second kappa shape index (κ2) is 6.38. The van der Waals surface area contributed by atoms with Gasteiger partial charge in [0.15, 0.2) is 0 Å². The molecule has 0 bridgehead atoms.